The molecule has 0 fully saturated rings. The minimum atomic E-state index is -0.433. The number of methoxy groups -OCH3 is 3. The summed E-state index contributed by atoms with van der Waals surface area (Å²) in [5.41, 5.74) is 1.18. The lowest BCUT2D eigenvalue weighted by atomic mass is 10.1. The van der Waals surface area contributed by atoms with E-state index in [4.69, 9.17) is 14.2 Å². The largest absolute Gasteiger partial charge is 0.494 e. The molecule has 0 spiro atoms. The van der Waals surface area contributed by atoms with Crippen molar-refractivity contribution >= 4 is 5.91 Å². The summed E-state index contributed by atoms with van der Waals surface area (Å²) in [7, 11) is 4.54. The number of carbonyl (C=O) groups is 1. The number of hydrogen-bond donors (Lipinski definition) is 1. The summed E-state index contributed by atoms with van der Waals surface area (Å²) in [6.07, 6.45) is 0.576. The lowest BCUT2D eigenvalue weighted by molar-refractivity contribution is 0.0943. The van der Waals surface area contributed by atoms with Crippen LogP contribution in [0.15, 0.2) is 59.4 Å². The third-order valence-corrected chi connectivity index (χ3v) is 4.48. The molecule has 1 aromatic heterocycles. The number of ether oxygens (including phenoxy) is 3. The molecule has 8 nitrogen and oxygen atoms in total. The van der Waals surface area contributed by atoms with Gasteiger partial charge < -0.3 is 19.5 Å². The van der Waals surface area contributed by atoms with E-state index in [0.717, 1.165) is 5.56 Å². The van der Waals surface area contributed by atoms with Gasteiger partial charge in [-0.2, -0.15) is 9.78 Å². The molecule has 2 aromatic carbocycles. The van der Waals surface area contributed by atoms with E-state index in [9.17, 15) is 9.59 Å². The molecule has 0 atom stereocenters. The lowest BCUT2D eigenvalue weighted by Gasteiger charge is -2.12. The first-order chi connectivity index (χ1) is 14.6. The first-order valence-electron chi connectivity index (χ1n) is 9.30. The van der Waals surface area contributed by atoms with E-state index in [-0.39, 0.29) is 17.0 Å². The second-order valence-corrected chi connectivity index (χ2v) is 6.34. The van der Waals surface area contributed by atoms with Crippen LogP contribution in [-0.4, -0.2) is 43.6 Å². The van der Waals surface area contributed by atoms with E-state index in [1.165, 1.54) is 17.9 Å². The van der Waals surface area contributed by atoms with Crippen LogP contribution >= 0.6 is 0 Å². The molecule has 0 unspecified atom stereocenters. The molecule has 0 saturated carbocycles. The van der Waals surface area contributed by atoms with Crippen molar-refractivity contribution in [1.82, 2.24) is 15.1 Å². The maximum atomic E-state index is 12.7. The number of nitrogens with zero attached hydrogens (tertiary/aromatic N) is 2. The van der Waals surface area contributed by atoms with Crippen molar-refractivity contribution in [2.75, 3.05) is 27.9 Å². The molecule has 30 heavy (non-hydrogen) atoms. The van der Waals surface area contributed by atoms with Crippen LogP contribution in [0.2, 0.25) is 0 Å². The van der Waals surface area contributed by atoms with Crippen molar-refractivity contribution < 1.29 is 19.0 Å². The highest BCUT2D eigenvalue weighted by Gasteiger charge is 2.18. The summed E-state index contributed by atoms with van der Waals surface area (Å²) in [5, 5.41) is 7.04. The van der Waals surface area contributed by atoms with Crippen molar-refractivity contribution in [2.24, 2.45) is 0 Å². The number of amides is 1. The van der Waals surface area contributed by atoms with Gasteiger partial charge in [0.1, 0.15) is 0 Å². The molecule has 1 heterocycles. The van der Waals surface area contributed by atoms with Crippen LogP contribution in [0.1, 0.15) is 16.1 Å². The molecule has 0 bridgehead atoms. The highest BCUT2D eigenvalue weighted by molar-refractivity contribution is 5.94. The zero-order valence-electron chi connectivity index (χ0n) is 17.0. The molecule has 0 radical (unpaired) electrons. The summed E-state index contributed by atoms with van der Waals surface area (Å²) in [5.74, 6) is 0.954. The van der Waals surface area contributed by atoms with Gasteiger partial charge in [-0.1, -0.05) is 24.3 Å². The molecule has 0 aliphatic heterocycles. The van der Waals surface area contributed by atoms with E-state index >= 15 is 0 Å². The summed E-state index contributed by atoms with van der Waals surface area (Å²) in [6.45, 7) is 0.365. The van der Waals surface area contributed by atoms with Gasteiger partial charge in [-0.3, -0.25) is 9.59 Å². The Balaban J connectivity index is 1.76. The van der Waals surface area contributed by atoms with E-state index in [2.05, 4.69) is 10.4 Å². The van der Waals surface area contributed by atoms with Gasteiger partial charge in [0.2, 0.25) is 0 Å². The Morgan fingerprint density at radius 2 is 1.63 bits per heavy atom. The van der Waals surface area contributed by atoms with E-state index in [0.29, 0.717) is 30.2 Å². The van der Waals surface area contributed by atoms with Crippen molar-refractivity contribution in [2.45, 2.75) is 6.42 Å². The summed E-state index contributed by atoms with van der Waals surface area (Å²) < 4.78 is 16.9. The summed E-state index contributed by atoms with van der Waals surface area (Å²) in [4.78, 5) is 25.1. The number of para-hydroxylation sites is 1. The van der Waals surface area contributed by atoms with Gasteiger partial charge in [0.15, 0.2) is 22.9 Å². The van der Waals surface area contributed by atoms with Crippen LogP contribution in [0, 0.1) is 0 Å². The third-order valence-electron chi connectivity index (χ3n) is 4.48. The third kappa shape index (κ3) is 4.60. The molecular weight excluding hydrogens is 386 g/mol. The monoisotopic (exact) mass is 409 g/mol. The Kier molecular flexibility index (Phi) is 6.69. The van der Waals surface area contributed by atoms with E-state index in [1.807, 2.05) is 24.3 Å². The molecule has 0 saturated heterocycles. The Morgan fingerprint density at radius 1 is 0.933 bits per heavy atom. The Labute approximate surface area is 174 Å². The normalized spacial score (nSPS) is 10.4. The number of aromatic nitrogens is 2. The zero-order chi connectivity index (χ0) is 21.5. The number of carbonyl (C=O) groups excluding carboxylic acids is 1. The molecule has 1 N–H and O–H groups in total. The Bertz CT molecular complexity index is 1080. The molecule has 156 valence electrons. The average Bonchev–Trinajstić information content (AvgIpc) is 2.79. The van der Waals surface area contributed by atoms with Crippen molar-refractivity contribution in [3.63, 3.8) is 0 Å². The first kappa shape index (κ1) is 20.9. The van der Waals surface area contributed by atoms with Gasteiger partial charge in [-0.05, 0) is 36.2 Å². The van der Waals surface area contributed by atoms with Gasteiger partial charge in [-0.25, -0.2) is 0 Å². The predicted molar refractivity (Wildman–Crippen MR) is 112 cm³/mol. The minimum Gasteiger partial charge on any atom is -0.494 e. The van der Waals surface area contributed by atoms with E-state index < -0.39 is 5.91 Å². The van der Waals surface area contributed by atoms with Crippen LogP contribution in [0.4, 0.5) is 0 Å². The van der Waals surface area contributed by atoms with Gasteiger partial charge in [0.25, 0.3) is 11.5 Å². The lowest BCUT2D eigenvalue weighted by Crippen LogP contribution is -2.31. The highest BCUT2D eigenvalue weighted by Crippen LogP contribution is 2.27. The fraction of sp³-hybridized carbons (Fsp3) is 0.227. The second kappa shape index (κ2) is 9.60. The fourth-order valence-corrected chi connectivity index (χ4v) is 2.95. The van der Waals surface area contributed by atoms with Gasteiger partial charge in [0.05, 0.1) is 33.1 Å². The summed E-state index contributed by atoms with van der Waals surface area (Å²) >= 11 is 0. The van der Waals surface area contributed by atoms with Gasteiger partial charge in [0, 0.05) is 6.54 Å². The van der Waals surface area contributed by atoms with Gasteiger partial charge in [-0.15, -0.1) is 0 Å². The van der Waals surface area contributed by atoms with Crippen LogP contribution in [-0.2, 0) is 6.42 Å². The van der Waals surface area contributed by atoms with Crippen molar-refractivity contribution in [3.8, 4) is 22.9 Å². The predicted octanol–water partition coefficient (Wildman–Crippen LogP) is 2.23. The maximum Gasteiger partial charge on any atom is 0.275 e. The van der Waals surface area contributed by atoms with Crippen LogP contribution in [0.25, 0.3) is 5.69 Å². The zero-order valence-corrected chi connectivity index (χ0v) is 17.0. The molecule has 1 amide bonds. The smallest absolute Gasteiger partial charge is 0.275 e. The van der Waals surface area contributed by atoms with Crippen LogP contribution in [0.3, 0.4) is 0 Å². The SMILES string of the molecule is COc1ccc(CCNC(=O)c2nn(-c3ccccc3)c(=O)cc2OC)cc1OC. The fourth-order valence-electron chi connectivity index (χ4n) is 2.95. The molecule has 3 rings (SSSR count). The average molecular weight is 409 g/mol. The Hall–Kier alpha value is -3.81. The van der Waals surface area contributed by atoms with Crippen molar-refractivity contribution in [1.29, 1.82) is 0 Å². The van der Waals surface area contributed by atoms with Crippen LogP contribution < -0.4 is 25.1 Å². The minimum absolute atomic E-state index is 0.0354. The number of nitrogens with one attached hydrogen (secondary N) is 1. The Morgan fingerprint density at radius 3 is 2.30 bits per heavy atom. The van der Waals surface area contributed by atoms with Gasteiger partial charge >= 0.3 is 0 Å². The van der Waals surface area contributed by atoms with Crippen molar-refractivity contribution in [3.05, 3.63) is 76.2 Å². The first-order valence-corrected chi connectivity index (χ1v) is 9.30. The van der Waals surface area contributed by atoms with E-state index in [1.54, 1.807) is 38.5 Å². The molecule has 0 aliphatic carbocycles. The topological polar surface area (TPSA) is 91.7 Å². The number of rotatable bonds is 8. The number of benzene rings is 2. The standard InChI is InChI=1S/C22H23N3O5/c1-28-17-10-9-15(13-18(17)29-2)11-12-23-22(27)21-19(30-3)14-20(26)25(24-21)16-7-5-4-6-8-16/h4-10,13-14H,11-12H2,1-3H3,(H,23,27). The highest BCUT2D eigenvalue weighted by atomic mass is 16.5. The maximum absolute atomic E-state index is 12.7. The molecule has 8 heteroatoms. The quantitative estimate of drug-likeness (QED) is 0.614. The summed E-state index contributed by atoms with van der Waals surface area (Å²) in [6, 6.07) is 15.7. The molecule has 3 aromatic rings. The van der Waals surface area contributed by atoms with Crippen LogP contribution in [0.5, 0.6) is 17.2 Å². The molecular formula is C22H23N3O5. The second-order valence-electron chi connectivity index (χ2n) is 6.34. The number of hydrogen-bond acceptors (Lipinski definition) is 6. The molecule has 0 aliphatic rings.